The van der Waals surface area contributed by atoms with E-state index in [0.717, 1.165) is 9.21 Å². The van der Waals surface area contributed by atoms with Crippen LogP contribution in [0.4, 0.5) is 5.69 Å². The van der Waals surface area contributed by atoms with E-state index in [0.29, 0.717) is 11.4 Å². The first-order chi connectivity index (χ1) is 5.65. The average molecular weight is 228 g/mol. The van der Waals surface area contributed by atoms with E-state index in [2.05, 4.69) is 34.2 Å². The maximum atomic E-state index is 9.07. The third-order valence-electron chi connectivity index (χ3n) is 1.34. The van der Waals surface area contributed by atoms with Gasteiger partial charge in [-0.3, -0.25) is 5.21 Å². The van der Waals surface area contributed by atoms with Crippen molar-refractivity contribution in [3.63, 3.8) is 0 Å². The Bertz CT molecular complexity index is 336. The second-order valence-corrected chi connectivity index (χ2v) is 3.08. The van der Waals surface area contributed by atoms with Crippen molar-refractivity contribution in [3.05, 3.63) is 29.0 Å². The van der Waals surface area contributed by atoms with Gasteiger partial charge in [0.05, 0.1) is 0 Å². The molecule has 1 N–H and O–H groups in total. The van der Waals surface area contributed by atoms with Gasteiger partial charge in [0.2, 0.25) is 0 Å². The first-order valence-electron chi connectivity index (χ1n) is 3.22. The summed E-state index contributed by atoms with van der Waals surface area (Å²) in [4.78, 5) is 4.01. The Morgan fingerprint density at radius 1 is 1.67 bits per heavy atom. The molecule has 0 fully saturated rings. The normalized spacial score (nSPS) is 9.42. The summed E-state index contributed by atoms with van der Waals surface area (Å²) < 4.78 is 1.54. The van der Waals surface area contributed by atoms with E-state index < -0.39 is 0 Å². The minimum absolute atomic E-state index is 0.513. The molecular formula is C8H8BrN2O+. The summed E-state index contributed by atoms with van der Waals surface area (Å²) in [5.41, 5.74) is 1.11. The maximum absolute atomic E-state index is 9.07. The highest BCUT2D eigenvalue weighted by molar-refractivity contribution is 9.10. The van der Waals surface area contributed by atoms with E-state index in [1.54, 1.807) is 18.3 Å². The maximum Gasteiger partial charge on any atom is 0.283 e. The van der Waals surface area contributed by atoms with Crippen molar-refractivity contribution in [3.8, 4) is 0 Å². The highest BCUT2D eigenvalue weighted by Crippen LogP contribution is 2.20. The van der Waals surface area contributed by atoms with Crippen molar-refractivity contribution in [2.24, 2.45) is 0 Å². The molecule has 1 aromatic heterocycles. The summed E-state index contributed by atoms with van der Waals surface area (Å²) in [6.07, 6.45) is 3.18. The van der Waals surface area contributed by atoms with Gasteiger partial charge in [-0.05, 0) is 22.0 Å². The predicted molar refractivity (Wildman–Crippen MR) is 50.9 cm³/mol. The second-order valence-electron chi connectivity index (χ2n) is 2.16. The highest BCUT2D eigenvalue weighted by Gasteiger charge is 2.11. The SMILES string of the molecule is C=Cc1ncc(Br)cc1[N+](=C)O. The molecule has 0 spiro atoms. The van der Waals surface area contributed by atoms with Crippen molar-refractivity contribution in [1.82, 2.24) is 4.98 Å². The third-order valence-corrected chi connectivity index (χ3v) is 1.77. The Balaban J connectivity index is 3.30. The number of hydrogen-bond acceptors (Lipinski definition) is 2. The van der Waals surface area contributed by atoms with Gasteiger partial charge in [0.15, 0.2) is 6.72 Å². The molecule has 0 aliphatic carbocycles. The van der Waals surface area contributed by atoms with Crippen LogP contribution < -0.4 is 0 Å². The van der Waals surface area contributed by atoms with E-state index in [4.69, 9.17) is 5.21 Å². The van der Waals surface area contributed by atoms with Gasteiger partial charge < -0.3 is 0 Å². The van der Waals surface area contributed by atoms with Crippen LogP contribution in [0, 0.1) is 0 Å². The Morgan fingerprint density at radius 2 is 2.33 bits per heavy atom. The molecule has 62 valence electrons. The van der Waals surface area contributed by atoms with Crippen LogP contribution in [0.25, 0.3) is 6.08 Å². The summed E-state index contributed by atoms with van der Waals surface area (Å²) in [5, 5.41) is 9.07. The van der Waals surface area contributed by atoms with Gasteiger partial charge in [-0.1, -0.05) is 6.58 Å². The van der Waals surface area contributed by atoms with Crippen LogP contribution in [0.5, 0.6) is 0 Å². The zero-order chi connectivity index (χ0) is 9.14. The van der Waals surface area contributed by atoms with Crippen molar-refractivity contribution in [2.75, 3.05) is 0 Å². The summed E-state index contributed by atoms with van der Waals surface area (Å²) >= 11 is 3.23. The van der Waals surface area contributed by atoms with Crippen LogP contribution in [0.2, 0.25) is 0 Å². The van der Waals surface area contributed by atoms with Gasteiger partial charge in [0.1, 0.15) is 5.69 Å². The molecule has 1 aromatic rings. The average Bonchev–Trinajstić information content (AvgIpc) is 2.04. The quantitative estimate of drug-likeness (QED) is 0.364. The third kappa shape index (κ3) is 1.71. The zero-order valence-corrected chi connectivity index (χ0v) is 7.95. The Morgan fingerprint density at radius 3 is 2.83 bits per heavy atom. The van der Waals surface area contributed by atoms with Crippen molar-refractivity contribution in [1.29, 1.82) is 0 Å². The van der Waals surface area contributed by atoms with Gasteiger partial charge in [-0.15, -0.1) is 0 Å². The molecule has 0 saturated heterocycles. The summed E-state index contributed by atoms with van der Waals surface area (Å²) in [6.45, 7) is 6.90. The van der Waals surface area contributed by atoms with Gasteiger partial charge in [-0.25, -0.2) is 4.98 Å². The molecule has 0 aliphatic rings. The van der Waals surface area contributed by atoms with Crippen LogP contribution in [0.3, 0.4) is 0 Å². The molecule has 1 rings (SSSR count). The lowest BCUT2D eigenvalue weighted by molar-refractivity contribution is -0.706. The van der Waals surface area contributed by atoms with Crippen molar-refractivity contribution >= 4 is 34.4 Å². The van der Waals surface area contributed by atoms with E-state index in [9.17, 15) is 0 Å². The van der Waals surface area contributed by atoms with Gasteiger partial charge in [0, 0.05) is 21.5 Å². The molecule has 3 nitrogen and oxygen atoms in total. The fourth-order valence-electron chi connectivity index (χ4n) is 0.803. The molecule has 0 aliphatic heterocycles. The fraction of sp³-hybridized carbons (Fsp3) is 0. The first kappa shape index (κ1) is 8.93. The van der Waals surface area contributed by atoms with E-state index >= 15 is 0 Å². The van der Waals surface area contributed by atoms with Gasteiger partial charge in [0.25, 0.3) is 5.69 Å². The lowest BCUT2D eigenvalue weighted by Gasteiger charge is -1.96. The molecule has 0 saturated carbocycles. The van der Waals surface area contributed by atoms with Gasteiger partial charge in [-0.2, -0.15) is 0 Å². The lowest BCUT2D eigenvalue weighted by Crippen LogP contribution is -1.97. The van der Waals surface area contributed by atoms with Crippen LogP contribution in [0.1, 0.15) is 5.69 Å². The number of nitrogens with zero attached hydrogens (tertiary/aromatic N) is 2. The fourth-order valence-corrected chi connectivity index (χ4v) is 1.12. The predicted octanol–water partition coefficient (Wildman–Crippen LogP) is 2.22. The van der Waals surface area contributed by atoms with E-state index in [-0.39, 0.29) is 0 Å². The number of hydrogen-bond donors (Lipinski definition) is 1. The molecule has 0 aromatic carbocycles. The van der Waals surface area contributed by atoms with Gasteiger partial charge >= 0.3 is 0 Å². The molecule has 0 atom stereocenters. The largest absolute Gasteiger partial charge is 0.285 e. The minimum Gasteiger partial charge on any atom is -0.285 e. The molecular weight excluding hydrogens is 220 g/mol. The van der Waals surface area contributed by atoms with Crippen LogP contribution in [-0.2, 0) is 0 Å². The van der Waals surface area contributed by atoms with Crippen molar-refractivity contribution < 1.29 is 9.95 Å². The standard InChI is InChI=1S/C8H8BrN2O/c1-3-7-8(11(2)12)4-6(9)5-10-7/h3-5,12H,1-2H2/q+1. The number of aromatic nitrogens is 1. The van der Waals surface area contributed by atoms with Crippen molar-refractivity contribution in [2.45, 2.75) is 0 Å². The highest BCUT2D eigenvalue weighted by atomic mass is 79.9. The van der Waals surface area contributed by atoms with E-state index in [1.807, 2.05) is 0 Å². The Labute approximate surface area is 78.8 Å². The van der Waals surface area contributed by atoms with Crippen LogP contribution >= 0.6 is 15.9 Å². The summed E-state index contributed by atoms with van der Waals surface area (Å²) in [7, 11) is 0. The minimum atomic E-state index is 0.513. The zero-order valence-electron chi connectivity index (χ0n) is 6.37. The molecule has 0 unspecified atom stereocenters. The Kier molecular flexibility index (Phi) is 2.60. The van der Waals surface area contributed by atoms with Crippen LogP contribution in [0.15, 0.2) is 23.3 Å². The number of rotatable bonds is 2. The molecule has 4 heteroatoms. The molecule has 0 amide bonds. The molecule has 12 heavy (non-hydrogen) atoms. The Hall–Kier alpha value is -1.16. The van der Waals surface area contributed by atoms with E-state index in [1.165, 1.54) is 0 Å². The topological polar surface area (TPSA) is 36.1 Å². The summed E-state index contributed by atoms with van der Waals surface area (Å²) in [6, 6.07) is 1.71. The first-order valence-corrected chi connectivity index (χ1v) is 4.02. The number of pyridine rings is 1. The molecule has 1 heterocycles. The molecule has 0 radical (unpaired) electrons. The summed E-state index contributed by atoms with van der Waals surface area (Å²) in [5.74, 6) is 0. The number of halogens is 1. The monoisotopic (exact) mass is 227 g/mol. The van der Waals surface area contributed by atoms with Crippen LogP contribution in [-0.4, -0.2) is 21.6 Å². The molecule has 0 bridgehead atoms. The smallest absolute Gasteiger partial charge is 0.283 e. The lowest BCUT2D eigenvalue weighted by atomic mass is 10.3. The second kappa shape index (κ2) is 3.49.